The Balaban J connectivity index is 1.57. The average Bonchev–Trinajstić information content (AvgIpc) is 3.04. The van der Waals surface area contributed by atoms with E-state index in [4.69, 9.17) is 11.6 Å². The van der Waals surface area contributed by atoms with Gasteiger partial charge in [-0.25, -0.2) is 4.68 Å². The third-order valence-electron chi connectivity index (χ3n) is 5.52. The SMILES string of the molecule is CC1(C)CC(NC(=O)c2ccc(-n3ncc4c(Br)cccc43)c(Cl)c2)CC(C)(C)N1. The average molecular weight is 490 g/mol. The number of rotatable bonds is 3. The quantitative estimate of drug-likeness (QED) is 0.512. The van der Waals surface area contributed by atoms with Gasteiger partial charge in [0.1, 0.15) is 0 Å². The molecule has 158 valence electrons. The van der Waals surface area contributed by atoms with Crippen molar-refractivity contribution < 1.29 is 4.79 Å². The number of benzene rings is 2. The van der Waals surface area contributed by atoms with E-state index in [1.54, 1.807) is 23.0 Å². The molecule has 0 spiro atoms. The molecule has 30 heavy (non-hydrogen) atoms. The molecule has 5 nitrogen and oxygen atoms in total. The Labute approximate surface area is 190 Å². The zero-order valence-electron chi connectivity index (χ0n) is 17.6. The molecule has 1 aromatic heterocycles. The largest absolute Gasteiger partial charge is 0.349 e. The Bertz CT molecular complexity index is 1110. The highest BCUT2D eigenvalue weighted by molar-refractivity contribution is 9.10. The monoisotopic (exact) mass is 488 g/mol. The van der Waals surface area contributed by atoms with Crippen LogP contribution in [0.2, 0.25) is 5.02 Å². The third kappa shape index (κ3) is 4.27. The van der Waals surface area contributed by atoms with Gasteiger partial charge in [0.2, 0.25) is 0 Å². The Kier molecular flexibility index (Phi) is 5.45. The third-order valence-corrected chi connectivity index (χ3v) is 6.52. The van der Waals surface area contributed by atoms with Gasteiger partial charge in [-0.15, -0.1) is 0 Å². The molecule has 1 fully saturated rings. The standard InChI is InChI=1S/C23H26BrClN4O/c1-22(2)11-15(12-23(3,4)28-22)27-21(30)14-8-9-20(18(25)10-14)29-19-7-5-6-17(24)16(19)13-26-29/h5-10,13,15,28H,11-12H2,1-4H3,(H,27,30). The molecular formula is C23H26BrClN4O. The number of nitrogens with zero attached hydrogens (tertiary/aromatic N) is 2. The van der Waals surface area contributed by atoms with Gasteiger partial charge in [-0.2, -0.15) is 5.10 Å². The van der Waals surface area contributed by atoms with Crippen LogP contribution < -0.4 is 10.6 Å². The van der Waals surface area contributed by atoms with Crippen LogP contribution in [-0.4, -0.2) is 32.8 Å². The highest BCUT2D eigenvalue weighted by Crippen LogP contribution is 2.30. The lowest BCUT2D eigenvalue weighted by molar-refractivity contribution is 0.0873. The summed E-state index contributed by atoms with van der Waals surface area (Å²) in [7, 11) is 0. The molecule has 1 aliphatic heterocycles. The van der Waals surface area contributed by atoms with E-state index in [0.29, 0.717) is 10.6 Å². The molecule has 0 unspecified atom stereocenters. The number of aromatic nitrogens is 2. The molecule has 0 bridgehead atoms. The molecule has 4 rings (SSSR count). The molecule has 2 N–H and O–H groups in total. The summed E-state index contributed by atoms with van der Waals surface area (Å²) in [6, 6.07) is 11.4. The number of piperidine rings is 1. The van der Waals surface area contributed by atoms with Crippen LogP contribution in [0, 0.1) is 0 Å². The molecule has 0 radical (unpaired) electrons. The van der Waals surface area contributed by atoms with Gasteiger partial charge >= 0.3 is 0 Å². The topological polar surface area (TPSA) is 59.0 Å². The van der Waals surface area contributed by atoms with E-state index in [1.165, 1.54) is 0 Å². The first-order chi connectivity index (χ1) is 14.0. The molecule has 1 saturated heterocycles. The summed E-state index contributed by atoms with van der Waals surface area (Å²) in [5, 5.41) is 12.8. The van der Waals surface area contributed by atoms with Crippen LogP contribution >= 0.6 is 27.5 Å². The van der Waals surface area contributed by atoms with Crippen molar-refractivity contribution in [2.24, 2.45) is 0 Å². The van der Waals surface area contributed by atoms with Gasteiger partial charge in [0.25, 0.3) is 5.91 Å². The zero-order valence-corrected chi connectivity index (χ0v) is 19.9. The summed E-state index contributed by atoms with van der Waals surface area (Å²) in [5.41, 5.74) is 2.18. The number of hydrogen-bond acceptors (Lipinski definition) is 3. The maximum Gasteiger partial charge on any atom is 0.251 e. The first-order valence-corrected chi connectivity index (χ1v) is 11.2. The van der Waals surface area contributed by atoms with Crippen molar-refractivity contribution >= 4 is 44.3 Å². The maximum atomic E-state index is 12.9. The fraction of sp³-hybridized carbons (Fsp3) is 0.391. The Morgan fingerprint density at radius 1 is 1.20 bits per heavy atom. The predicted octanol–water partition coefficient (Wildman–Crippen LogP) is 5.48. The summed E-state index contributed by atoms with van der Waals surface area (Å²) in [5.74, 6) is -0.102. The van der Waals surface area contributed by atoms with Crippen molar-refractivity contribution in [3.05, 3.63) is 57.7 Å². The number of amides is 1. The summed E-state index contributed by atoms with van der Waals surface area (Å²) in [4.78, 5) is 12.9. The fourth-order valence-electron chi connectivity index (χ4n) is 4.72. The van der Waals surface area contributed by atoms with E-state index in [0.717, 1.165) is 33.9 Å². The molecule has 0 saturated carbocycles. The van der Waals surface area contributed by atoms with Gasteiger partial charge in [-0.1, -0.05) is 33.6 Å². The van der Waals surface area contributed by atoms with Crippen molar-refractivity contribution in [3.8, 4) is 5.69 Å². The molecule has 1 aliphatic rings. The second-order valence-corrected chi connectivity index (χ2v) is 10.6. The second-order valence-electron chi connectivity index (χ2n) is 9.37. The molecule has 7 heteroatoms. The molecule has 3 aromatic rings. The van der Waals surface area contributed by atoms with E-state index in [1.807, 2.05) is 24.3 Å². The van der Waals surface area contributed by atoms with Gasteiger partial charge in [0.05, 0.1) is 22.4 Å². The van der Waals surface area contributed by atoms with Crippen molar-refractivity contribution in [1.82, 2.24) is 20.4 Å². The van der Waals surface area contributed by atoms with Gasteiger partial charge in [-0.3, -0.25) is 4.79 Å². The van der Waals surface area contributed by atoms with Crippen LogP contribution in [0.15, 0.2) is 47.1 Å². The van der Waals surface area contributed by atoms with Crippen LogP contribution in [0.4, 0.5) is 0 Å². The fourth-order valence-corrected chi connectivity index (χ4v) is 5.44. The normalized spacial score (nSPS) is 18.5. The van der Waals surface area contributed by atoms with Crippen molar-refractivity contribution in [3.63, 3.8) is 0 Å². The van der Waals surface area contributed by atoms with Gasteiger partial charge in [-0.05, 0) is 70.9 Å². The number of carbonyl (C=O) groups is 1. The van der Waals surface area contributed by atoms with E-state index < -0.39 is 0 Å². The molecule has 0 aliphatic carbocycles. The number of nitrogens with one attached hydrogen (secondary N) is 2. The van der Waals surface area contributed by atoms with E-state index in [2.05, 4.69) is 59.4 Å². The summed E-state index contributed by atoms with van der Waals surface area (Å²) < 4.78 is 2.77. The molecule has 1 amide bonds. The summed E-state index contributed by atoms with van der Waals surface area (Å²) in [6.07, 6.45) is 3.56. The van der Waals surface area contributed by atoms with Gasteiger partial charge in [0, 0.05) is 32.5 Å². The van der Waals surface area contributed by atoms with Crippen molar-refractivity contribution in [2.45, 2.75) is 57.7 Å². The van der Waals surface area contributed by atoms with Crippen molar-refractivity contribution in [1.29, 1.82) is 0 Å². The van der Waals surface area contributed by atoms with Crippen LogP contribution in [0.5, 0.6) is 0 Å². The second kappa shape index (κ2) is 7.66. The summed E-state index contributed by atoms with van der Waals surface area (Å²) >= 11 is 10.1. The van der Waals surface area contributed by atoms with Crippen molar-refractivity contribution in [2.75, 3.05) is 0 Å². The molecule has 0 atom stereocenters. The number of hydrogen-bond donors (Lipinski definition) is 2. The maximum absolute atomic E-state index is 12.9. The van der Waals surface area contributed by atoms with E-state index in [-0.39, 0.29) is 23.0 Å². The van der Waals surface area contributed by atoms with Gasteiger partial charge < -0.3 is 10.6 Å². The number of carbonyl (C=O) groups excluding carboxylic acids is 1. The highest BCUT2D eigenvalue weighted by Gasteiger charge is 2.38. The smallest absolute Gasteiger partial charge is 0.251 e. The first kappa shape index (κ1) is 21.3. The highest BCUT2D eigenvalue weighted by atomic mass is 79.9. The minimum Gasteiger partial charge on any atom is -0.349 e. The van der Waals surface area contributed by atoms with Crippen LogP contribution in [-0.2, 0) is 0 Å². The van der Waals surface area contributed by atoms with Gasteiger partial charge in [0.15, 0.2) is 0 Å². The van der Waals surface area contributed by atoms with E-state index in [9.17, 15) is 4.79 Å². The van der Waals surface area contributed by atoms with E-state index >= 15 is 0 Å². The lowest BCUT2D eigenvalue weighted by Crippen LogP contribution is -2.62. The Morgan fingerprint density at radius 3 is 2.57 bits per heavy atom. The predicted molar refractivity (Wildman–Crippen MR) is 126 cm³/mol. The van der Waals surface area contributed by atoms with Crippen LogP contribution in [0.1, 0.15) is 50.9 Å². The van der Waals surface area contributed by atoms with Crippen LogP contribution in [0.3, 0.4) is 0 Å². The lowest BCUT2D eigenvalue weighted by Gasteiger charge is -2.46. The lowest BCUT2D eigenvalue weighted by atomic mass is 9.79. The number of halogens is 2. The summed E-state index contributed by atoms with van der Waals surface area (Å²) in [6.45, 7) is 8.69. The molecule has 2 aromatic carbocycles. The molecule has 2 heterocycles. The molecular weight excluding hydrogens is 464 g/mol. The number of fused-ring (bicyclic) bond motifs is 1. The Hall–Kier alpha value is -1.89. The minimum atomic E-state index is -0.102. The zero-order chi connectivity index (χ0) is 21.7. The van der Waals surface area contributed by atoms with Crippen LogP contribution in [0.25, 0.3) is 16.6 Å². The first-order valence-electron chi connectivity index (χ1n) is 10.1. The Morgan fingerprint density at radius 2 is 1.90 bits per heavy atom. The minimum absolute atomic E-state index is 0.0311.